The maximum atomic E-state index is 2.63. The highest BCUT2D eigenvalue weighted by atomic mass is 15.1. The van der Waals surface area contributed by atoms with Crippen molar-refractivity contribution in [2.24, 2.45) is 5.92 Å². The minimum atomic E-state index is 0.830. The summed E-state index contributed by atoms with van der Waals surface area (Å²) in [7, 11) is 2.35. The molecule has 0 bridgehead atoms. The van der Waals surface area contributed by atoms with Gasteiger partial charge in [0.05, 0.1) is 0 Å². The molecule has 2 aliphatic carbocycles. The molecule has 0 atom stereocenters. The fourth-order valence-corrected chi connectivity index (χ4v) is 3.80. The van der Waals surface area contributed by atoms with E-state index in [2.05, 4.69) is 24.9 Å². The third-order valence-corrected chi connectivity index (χ3v) is 4.85. The van der Waals surface area contributed by atoms with Gasteiger partial charge in [0.1, 0.15) is 0 Å². The molecule has 0 amide bonds. The molecule has 98 valence electrons. The van der Waals surface area contributed by atoms with Crippen molar-refractivity contribution in [2.75, 3.05) is 7.05 Å². The first kappa shape index (κ1) is 13.0. The maximum Gasteiger partial charge on any atom is 0.0283 e. The van der Waals surface area contributed by atoms with Gasteiger partial charge in [0.2, 0.25) is 0 Å². The maximum absolute atomic E-state index is 2.63. The summed E-state index contributed by atoms with van der Waals surface area (Å²) in [4.78, 5) is 2.63. The Morgan fingerprint density at radius 2 is 1.41 bits per heavy atom. The molecule has 1 nitrogen and oxygen atoms in total. The van der Waals surface area contributed by atoms with Gasteiger partial charge in [-0.2, -0.15) is 0 Å². The van der Waals surface area contributed by atoms with Gasteiger partial charge >= 0.3 is 0 Å². The first-order chi connectivity index (χ1) is 8.33. The molecule has 17 heavy (non-hydrogen) atoms. The number of nitrogens with zero attached hydrogens (tertiary/aromatic N) is 1. The molecule has 0 aromatic rings. The fraction of sp³-hybridized carbons (Fsp3) is 0.875. The minimum Gasteiger partial charge on any atom is -0.375 e. The zero-order valence-electron chi connectivity index (χ0n) is 11.8. The standard InChI is InChI=1S/C16H29N/c1-3-16(14-10-6-4-7-11-14)17(2)15-12-8-5-9-13-15/h3,14-15H,4-13H2,1-2H3/b16-3-. The van der Waals surface area contributed by atoms with E-state index in [9.17, 15) is 0 Å². The van der Waals surface area contributed by atoms with Crippen LogP contribution in [0.1, 0.15) is 71.1 Å². The molecule has 0 aromatic heterocycles. The van der Waals surface area contributed by atoms with E-state index in [0.29, 0.717) is 0 Å². The Balaban J connectivity index is 1.96. The van der Waals surface area contributed by atoms with Crippen LogP contribution in [0.5, 0.6) is 0 Å². The predicted molar refractivity (Wildman–Crippen MR) is 75.0 cm³/mol. The number of hydrogen-bond donors (Lipinski definition) is 0. The fourth-order valence-electron chi connectivity index (χ4n) is 3.80. The summed E-state index contributed by atoms with van der Waals surface area (Å²) in [5.74, 6) is 0.862. The lowest BCUT2D eigenvalue weighted by molar-refractivity contribution is 0.201. The number of rotatable bonds is 3. The van der Waals surface area contributed by atoms with Gasteiger partial charge in [-0.3, -0.25) is 0 Å². The first-order valence-electron chi connectivity index (χ1n) is 7.72. The second kappa shape index (κ2) is 6.47. The first-order valence-corrected chi connectivity index (χ1v) is 7.72. The van der Waals surface area contributed by atoms with E-state index in [1.54, 1.807) is 5.70 Å². The molecule has 0 N–H and O–H groups in total. The van der Waals surface area contributed by atoms with Gasteiger partial charge in [-0.05, 0) is 38.5 Å². The molecule has 2 rings (SSSR count). The summed E-state index contributed by atoms with van der Waals surface area (Å²) in [6.07, 6.45) is 16.8. The molecule has 2 fully saturated rings. The van der Waals surface area contributed by atoms with Gasteiger partial charge in [-0.1, -0.05) is 44.6 Å². The van der Waals surface area contributed by atoms with Crippen LogP contribution >= 0.6 is 0 Å². The largest absolute Gasteiger partial charge is 0.375 e. The van der Waals surface area contributed by atoms with Crippen molar-refractivity contribution in [3.05, 3.63) is 11.8 Å². The van der Waals surface area contributed by atoms with Crippen LogP contribution in [0.4, 0.5) is 0 Å². The SMILES string of the molecule is C/C=C(/C1CCCCC1)N(C)C1CCCCC1. The van der Waals surface area contributed by atoms with Crippen molar-refractivity contribution in [2.45, 2.75) is 77.2 Å². The van der Waals surface area contributed by atoms with Crippen LogP contribution in [-0.2, 0) is 0 Å². The van der Waals surface area contributed by atoms with E-state index in [1.807, 2.05) is 0 Å². The zero-order chi connectivity index (χ0) is 12.1. The van der Waals surface area contributed by atoms with E-state index < -0.39 is 0 Å². The highest BCUT2D eigenvalue weighted by Crippen LogP contribution is 2.34. The molecule has 0 saturated heterocycles. The van der Waals surface area contributed by atoms with Crippen LogP contribution in [0.25, 0.3) is 0 Å². The van der Waals surface area contributed by atoms with Crippen LogP contribution in [0.3, 0.4) is 0 Å². The van der Waals surface area contributed by atoms with Crippen molar-refractivity contribution in [1.82, 2.24) is 4.90 Å². The van der Waals surface area contributed by atoms with Crippen molar-refractivity contribution in [1.29, 1.82) is 0 Å². The van der Waals surface area contributed by atoms with E-state index >= 15 is 0 Å². The molecule has 2 aliphatic rings. The topological polar surface area (TPSA) is 3.24 Å². The predicted octanol–water partition coefficient (Wildman–Crippen LogP) is 4.74. The Morgan fingerprint density at radius 1 is 0.882 bits per heavy atom. The third-order valence-electron chi connectivity index (χ3n) is 4.85. The number of allylic oxidation sites excluding steroid dienone is 2. The van der Waals surface area contributed by atoms with Crippen molar-refractivity contribution in [3.63, 3.8) is 0 Å². The van der Waals surface area contributed by atoms with Gasteiger partial charge < -0.3 is 4.90 Å². The normalized spacial score (nSPS) is 24.9. The van der Waals surface area contributed by atoms with Crippen LogP contribution in [0, 0.1) is 5.92 Å². The molecule has 1 heteroatoms. The monoisotopic (exact) mass is 235 g/mol. The Kier molecular flexibility index (Phi) is 4.94. The minimum absolute atomic E-state index is 0.830. The van der Waals surface area contributed by atoms with Crippen LogP contribution in [0.2, 0.25) is 0 Å². The van der Waals surface area contributed by atoms with Gasteiger partial charge in [0.25, 0.3) is 0 Å². The summed E-state index contributed by atoms with van der Waals surface area (Å²) >= 11 is 0. The average Bonchev–Trinajstić information content (AvgIpc) is 2.42. The molecule has 0 aliphatic heterocycles. The summed E-state index contributed by atoms with van der Waals surface area (Å²) in [6, 6.07) is 0.830. The lowest BCUT2D eigenvalue weighted by Crippen LogP contribution is -2.35. The van der Waals surface area contributed by atoms with Gasteiger partial charge in [-0.25, -0.2) is 0 Å². The van der Waals surface area contributed by atoms with Crippen molar-refractivity contribution >= 4 is 0 Å². The second-order valence-electron chi connectivity index (χ2n) is 5.95. The lowest BCUT2D eigenvalue weighted by atomic mass is 9.85. The van der Waals surface area contributed by atoms with Gasteiger partial charge in [0.15, 0.2) is 0 Å². The summed E-state index contributed by atoms with van der Waals surface area (Å²) in [5.41, 5.74) is 1.65. The third kappa shape index (κ3) is 3.26. The molecular weight excluding hydrogens is 206 g/mol. The molecule has 2 saturated carbocycles. The summed E-state index contributed by atoms with van der Waals surface area (Å²) in [6.45, 7) is 2.24. The molecule has 0 unspecified atom stereocenters. The summed E-state index contributed by atoms with van der Waals surface area (Å²) < 4.78 is 0. The van der Waals surface area contributed by atoms with Crippen LogP contribution in [0.15, 0.2) is 11.8 Å². The van der Waals surface area contributed by atoms with E-state index in [-0.39, 0.29) is 0 Å². The average molecular weight is 235 g/mol. The van der Waals surface area contributed by atoms with E-state index in [1.165, 1.54) is 64.2 Å². The molecular formula is C16H29N. The highest BCUT2D eigenvalue weighted by Gasteiger charge is 2.25. The Morgan fingerprint density at radius 3 is 1.94 bits per heavy atom. The molecule has 0 heterocycles. The smallest absolute Gasteiger partial charge is 0.0283 e. The van der Waals surface area contributed by atoms with E-state index in [0.717, 1.165) is 12.0 Å². The number of hydrogen-bond acceptors (Lipinski definition) is 1. The van der Waals surface area contributed by atoms with Gasteiger partial charge in [0, 0.05) is 18.8 Å². The summed E-state index contributed by atoms with van der Waals surface area (Å²) in [5, 5.41) is 0. The van der Waals surface area contributed by atoms with Crippen molar-refractivity contribution < 1.29 is 0 Å². The molecule has 0 aromatic carbocycles. The zero-order valence-corrected chi connectivity index (χ0v) is 11.8. The highest BCUT2D eigenvalue weighted by molar-refractivity contribution is 5.07. The van der Waals surface area contributed by atoms with Crippen molar-refractivity contribution in [3.8, 4) is 0 Å². The van der Waals surface area contributed by atoms with Gasteiger partial charge in [-0.15, -0.1) is 0 Å². The Hall–Kier alpha value is -0.460. The lowest BCUT2D eigenvalue weighted by Gasteiger charge is -2.39. The van der Waals surface area contributed by atoms with E-state index in [4.69, 9.17) is 0 Å². The quantitative estimate of drug-likeness (QED) is 0.683. The van der Waals surface area contributed by atoms with Crippen LogP contribution in [-0.4, -0.2) is 18.0 Å². The molecule has 0 radical (unpaired) electrons. The van der Waals surface area contributed by atoms with Crippen LogP contribution < -0.4 is 0 Å². The Labute approximate surface area is 107 Å². The Bertz CT molecular complexity index is 244. The second-order valence-corrected chi connectivity index (χ2v) is 5.95. The molecule has 0 spiro atoms.